The van der Waals surface area contributed by atoms with E-state index in [9.17, 15) is 4.79 Å². The average molecular weight is 360 g/mol. The molecule has 1 amide bonds. The highest BCUT2D eigenvalue weighted by molar-refractivity contribution is 9.10. The molecule has 0 saturated carbocycles. The standard InChI is InChI=1S/C15H14BrN5O/c16-12-4-2-11(3-5-12)15(22)21-7-1-6-19-14-13(10-17)18-8-9-20-14/h2-5,8-9H,1,6-7H2,(H,19,20)(H,21,22). The number of carbonyl (C=O) groups is 1. The molecule has 2 N–H and O–H groups in total. The van der Waals surface area contributed by atoms with E-state index in [2.05, 4.69) is 36.5 Å². The van der Waals surface area contributed by atoms with Crippen molar-refractivity contribution in [3.05, 3.63) is 52.4 Å². The molecular weight excluding hydrogens is 346 g/mol. The normalized spacial score (nSPS) is 9.82. The van der Waals surface area contributed by atoms with E-state index >= 15 is 0 Å². The lowest BCUT2D eigenvalue weighted by Gasteiger charge is -2.07. The van der Waals surface area contributed by atoms with Gasteiger partial charge in [-0.2, -0.15) is 5.26 Å². The molecule has 0 aliphatic carbocycles. The Morgan fingerprint density at radius 3 is 2.64 bits per heavy atom. The molecule has 0 spiro atoms. The van der Waals surface area contributed by atoms with Gasteiger partial charge in [-0.25, -0.2) is 9.97 Å². The number of rotatable bonds is 6. The summed E-state index contributed by atoms with van der Waals surface area (Å²) in [7, 11) is 0. The van der Waals surface area contributed by atoms with Gasteiger partial charge in [0.05, 0.1) is 0 Å². The smallest absolute Gasteiger partial charge is 0.251 e. The molecule has 2 aromatic rings. The minimum atomic E-state index is -0.107. The highest BCUT2D eigenvalue weighted by Gasteiger charge is 2.05. The number of amides is 1. The van der Waals surface area contributed by atoms with Crippen LogP contribution in [0.2, 0.25) is 0 Å². The number of anilines is 1. The third-order valence-electron chi connectivity index (χ3n) is 2.84. The van der Waals surface area contributed by atoms with Crippen LogP contribution in [0.5, 0.6) is 0 Å². The van der Waals surface area contributed by atoms with Gasteiger partial charge in [0.2, 0.25) is 0 Å². The molecule has 112 valence electrons. The molecule has 1 heterocycles. The SMILES string of the molecule is N#Cc1nccnc1NCCCNC(=O)c1ccc(Br)cc1. The van der Waals surface area contributed by atoms with Crippen LogP contribution in [0.4, 0.5) is 5.82 Å². The van der Waals surface area contributed by atoms with Crippen LogP contribution in [-0.4, -0.2) is 29.0 Å². The lowest BCUT2D eigenvalue weighted by Crippen LogP contribution is -2.25. The summed E-state index contributed by atoms with van der Waals surface area (Å²) in [6.45, 7) is 1.12. The van der Waals surface area contributed by atoms with Crippen molar-refractivity contribution in [1.82, 2.24) is 15.3 Å². The van der Waals surface area contributed by atoms with E-state index in [1.165, 1.54) is 12.4 Å². The van der Waals surface area contributed by atoms with Gasteiger partial charge in [-0.1, -0.05) is 15.9 Å². The lowest BCUT2D eigenvalue weighted by molar-refractivity contribution is 0.0953. The van der Waals surface area contributed by atoms with Crippen molar-refractivity contribution in [3.8, 4) is 6.07 Å². The molecule has 22 heavy (non-hydrogen) atoms. The van der Waals surface area contributed by atoms with Gasteiger partial charge in [0.25, 0.3) is 5.91 Å². The number of nitrogens with one attached hydrogen (secondary N) is 2. The van der Waals surface area contributed by atoms with Gasteiger partial charge in [0.1, 0.15) is 6.07 Å². The maximum Gasteiger partial charge on any atom is 0.251 e. The number of nitrogens with zero attached hydrogens (tertiary/aromatic N) is 3. The summed E-state index contributed by atoms with van der Waals surface area (Å²) in [6.07, 6.45) is 3.71. The van der Waals surface area contributed by atoms with E-state index in [4.69, 9.17) is 5.26 Å². The van der Waals surface area contributed by atoms with Crippen molar-refractivity contribution < 1.29 is 4.79 Å². The molecule has 0 aliphatic heterocycles. The topological polar surface area (TPSA) is 90.7 Å². The Morgan fingerprint density at radius 2 is 1.91 bits per heavy atom. The first-order valence-electron chi connectivity index (χ1n) is 6.69. The lowest BCUT2D eigenvalue weighted by atomic mass is 10.2. The second kappa shape index (κ2) is 8.10. The van der Waals surface area contributed by atoms with Crippen LogP contribution in [0.1, 0.15) is 22.5 Å². The Balaban J connectivity index is 1.72. The summed E-state index contributed by atoms with van der Waals surface area (Å²) >= 11 is 3.33. The number of hydrogen-bond donors (Lipinski definition) is 2. The Kier molecular flexibility index (Phi) is 5.86. The van der Waals surface area contributed by atoms with Gasteiger partial charge < -0.3 is 10.6 Å². The van der Waals surface area contributed by atoms with Crippen molar-refractivity contribution in [2.45, 2.75) is 6.42 Å². The number of halogens is 1. The van der Waals surface area contributed by atoms with Crippen LogP contribution in [0.25, 0.3) is 0 Å². The van der Waals surface area contributed by atoms with E-state index in [-0.39, 0.29) is 11.6 Å². The molecule has 6 nitrogen and oxygen atoms in total. The van der Waals surface area contributed by atoms with Gasteiger partial charge in [-0.15, -0.1) is 0 Å². The Labute approximate surface area is 136 Å². The molecule has 0 aliphatic rings. The van der Waals surface area contributed by atoms with Crippen molar-refractivity contribution >= 4 is 27.7 Å². The maximum absolute atomic E-state index is 11.9. The second-order valence-corrected chi connectivity index (χ2v) is 5.32. The molecule has 1 aromatic heterocycles. The number of hydrogen-bond acceptors (Lipinski definition) is 5. The van der Waals surface area contributed by atoms with Gasteiger partial charge in [0, 0.05) is 35.5 Å². The van der Waals surface area contributed by atoms with Crippen LogP contribution in [0.3, 0.4) is 0 Å². The Morgan fingerprint density at radius 1 is 1.18 bits per heavy atom. The number of aromatic nitrogens is 2. The summed E-state index contributed by atoms with van der Waals surface area (Å²) in [5.41, 5.74) is 0.887. The molecular formula is C15H14BrN5O. The summed E-state index contributed by atoms with van der Waals surface area (Å²) < 4.78 is 0.936. The maximum atomic E-state index is 11.9. The highest BCUT2D eigenvalue weighted by Crippen LogP contribution is 2.10. The summed E-state index contributed by atoms with van der Waals surface area (Å²) in [5, 5.41) is 14.8. The quantitative estimate of drug-likeness (QED) is 0.772. The molecule has 0 fully saturated rings. The molecule has 0 saturated heterocycles. The zero-order chi connectivity index (χ0) is 15.8. The van der Waals surface area contributed by atoms with Crippen LogP contribution in [-0.2, 0) is 0 Å². The summed E-state index contributed by atoms with van der Waals surface area (Å²) in [5.74, 6) is 0.356. The highest BCUT2D eigenvalue weighted by atomic mass is 79.9. The fraction of sp³-hybridized carbons (Fsp3) is 0.200. The average Bonchev–Trinajstić information content (AvgIpc) is 2.55. The van der Waals surface area contributed by atoms with Gasteiger partial charge in [-0.05, 0) is 30.7 Å². The molecule has 0 bridgehead atoms. The minimum Gasteiger partial charge on any atom is -0.368 e. The first-order valence-corrected chi connectivity index (χ1v) is 7.49. The first kappa shape index (κ1) is 15.9. The van der Waals surface area contributed by atoms with Crippen LogP contribution in [0, 0.1) is 11.3 Å². The fourth-order valence-corrected chi connectivity index (χ4v) is 2.01. The van der Waals surface area contributed by atoms with Crippen LogP contribution in [0.15, 0.2) is 41.1 Å². The van der Waals surface area contributed by atoms with Gasteiger partial charge in [-0.3, -0.25) is 4.79 Å². The number of benzene rings is 1. The first-order chi connectivity index (χ1) is 10.7. The van der Waals surface area contributed by atoms with Crippen molar-refractivity contribution in [1.29, 1.82) is 5.26 Å². The predicted molar refractivity (Wildman–Crippen MR) is 86.3 cm³/mol. The van der Waals surface area contributed by atoms with E-state index in [0.717, 1.165) is 4.47 Å². The van der Waals surface area contributed by atoms with E-state index in [1.807, 2.05) is 18.2 Å². The molecule has 2 rings (SSSR count). The predicted octanol–water partition coefficient (Wildman–Crippen LogP) is 2.34. The number of carbonyl (C=O) groups excluding carboxylic acids is 1. The molecule has 0 unspecified atom stereocenters. The van der Waals surface area contributed by atoms with Gasteiger partial charge in [0.15, 0.2) is 11.5 Å². The zero-order valence-electron chi connectivity index (χ0n) is 11.7. The van der Waals surface area contributed by atoms with E-state index in [1.54, 1.807) is 12.1 Å². The number of nitriles is 1. The third-order valence-corrected chi connectivity index (χ3v) is 3.37. The summed E-state index contributed by atoms with van der Waals surface area (Å²) in [4.78, 5) is 19.8. The second-order valence-electron chi connectivity index (χ2n) is 4.41. The van der Waals surface area contributed by atoms with Crippen molar-refractivity contribution in [3.63, 3.8) is 0 Å². The monoisotopic (exact) mass is 359 g/mol. The van der Waals surface area contributed by atoms with Gasteiger partial charge >= 0.3 is 0 Å². The summed E-state index contributed by atoms with van der Waals surface area (Å²) in [6, 6.07) is 9.15. The molecule has 7 heteroatoms. The molecule has 1 aromatic carbocycles. The fourth-order valence-electron chi connectivity index (χ4n) is 1.75. The zero-order valence-corrected chi connectivity index (χ0v) is 13.3. The van der Waals surface area contributed by atoms with E-state index < -0.39 is 0 Å². The van der Waals surface area contributed by atoms with Crippen molar-refractivity contribution in [2.75, 3.05) is 18.4 Å². The molecule has 0 radical (unpaired) electrons. The largest absolute Gasteiger partial charge is 0.368 e. The van der Waals surface area contributed by atoms with Crippen molar-refractivity contribution in [2.24, 2.45) is 0 Å². The third kappa shape index (κ3) is 4.53. The van der Waals surface area contributed by atoms with Crippen LogP contribution < -0.4 is 10.6 Å². The Hall–Kier alpha value is -2.46. The minimum absolute atomic E-state index is 0.107. The van der Waals surface area contributed by atoms with Crippen LogP contribution >= 0.6 is 15.9 Å². The molecule has 0 atom stereocenters. The Bertz CT molecular complexity index is 681. The van der Waals surface area contributed by atoms with E-state index in [0.29, 0.717) is 30.9 Å².